The summed E-state index contributed by atoms with van der Waals surface area (Å²) >= 11 is 0. The molecule has 0 bridgehead atoms. The molecule has 0 saturated carbocycles. The first-order valence-electron chi connectivity index (χ1n) is 10.2. The summed E-state index contributed by atoms with van der Waals surface area (Å²) < 4.78 is 0. The quantitative estimate of drug-likeness (QED) is 0.309. The molecule has 0 unspecified atom stereocenters. The van der Waals surface area contributed by atoms with Gasteiger partial charge in [0.2, 0.25) is 0 Å². The van der Waals surface area contributed by atoms with E-state index in [-0.39, 0.29) is 0 Å². The molecular formula is C29H26P+. The maximum Gasteiger partial charge on any atom is 0.116 e. The molecule has 4 aromatic carbocycles. The average Bonchev–Trinajstić information content (AvgIpc) is 2.84. The Morgan fingerprint density at radius 1 is 0.500 bits per heavy atom. The Morgan fingerprint density at radius 2 is 0.900 bits per heavy atom. The smallest absolute Gasteiger partial charge is 0.0985 e. The van der Waals surface area contributed by atoms with Crippen LogP contribution in [0.25, 0.3) is 12.2 Å². The summed E-state index contributed by atoms with van der Waals surface area (Å²) in [6, 6.07) is 39.8. The predicted molar refractivity (Wildman–Crippen MR) is 135 cm³/mol. The second kappa shape index (κ2) is 9.08. The van der Waals surface area contributed by atoms with Crippen molar-refractivity contribution in [1.82, 2.24) is 0 Å². The minimum absolute atomic E-state index is 0.978. The number of hydrogen-bond donors (Lipinski definition) is 0. The zero-order chi connectivity index (χ0) is 20.8. The van der Waals surface area contributed by atoms with Gasteiger partial charge in [-0.15, -0.1) is 0 Å². The van der Waals surface area contributed by atoms with Gasteiger partial charge in [-0.1, -0.05) is 98.1 Å². The van der Waals surface area contributed by atoms with Gasteiger partial charge >= 0.3 is 0 Å². The van der Waals surface area contributed by atoms with E-state index in [1.165, 1.54) is 21.5 Å². The molecule has 30 heavy (non-hydrogen) atoms. The highest BCUT2D eigenvalue weighted by Gasteiger charge is 2.45. The van der Waals surface area contributed by atoms with Gasteiger partial charge in [-0.2, -0.15) is 0 Å². The fraction of sp³-hybridized carbons (Fsp3) is 0.0345. The standard InChI is InChI=1S/C29H26P/c1-3-24-15-17-26(18-16-24)23-30(27-11-7-5-8-12-27,28-13-9-6-10-14-28)29-21-19-25(4-2)20-22-29/h3-22H,1-2,23H2/q+1. The second-order valence-corrected chi connectivity index (χ2v) is 10.9. The Labute approximate surface area is 180 Å². The fourth-order valence-electron chi connectivity index (χ4n) is 3.98. The first-order valence-corrected chi connectivity index (χ1v) is 12.2. The molecule has 0 saturated heterocycles. The zero-order valence-electron chi connectivity index (χ0n) is 17.1. The monoisotopic (exact) mass is 405 g/mol. The molecule has 0 amide bonds. The van der Waals surface area contributed by atoms with Gasteiger partial charge in [-0.3, -0.25) is 0 Å². The maximum absolute atomic E-state index is 3.92. The summed E-state index contributed by atoms with van der Waals surface area (Å²) in [5, 5.41) is 4.18. The van der Waals surface area contributed by atoms with E-state index in [9.17, 15) is 0 Å². The van der Waals surface area contributed by atoms with Gasteiger partial charge in [0.25, 0.3) is 0 Å². The zero-order valence-corrected chi connectivity index (χ0v) is 18.0. The Bertz CT molecular complexity index is 1070. The van der Waals surface area contributed by atoms with Crippen LogP contribution < -0.4 is 15.9 Å². The second-order valence-electron chi connectivity index (χ2n) is 7.38. The number of rotatable bonds is 7. The molecule has 0 aliphatic rings. The van der Waals surface area contributed by atoms with E-state index in [2.05, 4.69) is 122 Å². The van der Waals surface area contributed by atoms with Crippen LogP contribution in [0.3, 0.4) is 0 Å². The molecule has 4 aromatic rings. The maximum atomic E-state index is 3.92. The van der Waals surface area contributed by atoms with Crippen molar-refractivity contribution in [3.8, 4) is 0 Å². The lowest BCUT2D eigenvalue weighted by Gasteiger charge is -2.28. The van der Waals surface area contributed by atoms with Crippen molar-refractivity contribution in [3.63, 3.8) is 0 Å². The average molecular weight is 406 g/mol. The molecule has 0 spiro atoms. The molecule has 146 valence electrons. The summed E-state index contributed by atoms with van der Waals surface area (Å²) in [5.74, 6) is 0. The topological polar surface area (TPSA) is 0 Å². The molecule has 0 heterocycles. The van der Waals surface area contributed by atoms with Gasteiger partial charge in [-0.05, 0) is 53.1 Å². The van der Waals surface area contributed by atoms with Crippen molar-refractivity contribution < 1.29 is 0 Å². The van der Waals surface area contributed by atoms with E-state index in [4.69, 9.17) is 0 Å². The Kier molecular flexibility index (Phi) is 6.07. The van der Waals surface area contributed by atoms with Gasteiger partial charge < -0.3 is 0 Å². The summed E-state index contributed by atoms with van der Waals surface area (Å²) in [5.41, 5.74) is 3.64. The summed E-state index contributed by atoms with van der Waals surface area (Å²) in [7, 11) is -1.89. The van der Waals surface area contributed by atoms with Crippen molar-refractivity contribution in [2.75, 3.05) is 0 Å². The number of hydrogen-bond acceptors (Lipinski definition) is 0. The largest absolute Gasteiger partial charge is 0.116 e. The van der Waals surface area contributed by atoms with Crippen LogP contribution in [0, 0.1) is 0 Å². The minimum atomic E-state index is -1.89. The van der Waals surface area contributed by atoms with Crippen LogP contribution in [-0.4, -0.2) is 0 Å². The van der Waals surface area contributed by atoms with Gasteiger partial charge in [-0.25, -0.2) is 0 Å². The highest BCUT2D eigenvalue weighted by molar-refractivity contribution is 7.95. The van der Waals surface area contributed by atoms with Crippen LogP contribution in [0.15, 0.2) is 122 Å². The van der Waals surface area contributed by atoms with Crippen molar-refractivity contribution >= 4 is 35.3 Å². The Hall–Kier alpha value is -3.21. The SMILES string of the molecule is C=Cc1ccc(C[P+](c2ccccc2)(c2ccccc2)c2ccc(C=C)cc2)cc1. The minimum Gasteiger partial charge on any atom is -0.0985 e. The van der Waals surface area contributed by atoms with Gasteiger partial charge in [0.15, 0.2) is 0 Å². The van der Waals surface area contributed by atoms with Gasteiger partial charge in [0.05, 0.1) is 6.16 Å². The van der Waals surface area contributed by atoms with Crippen LogP contribution in [0.1, 0.15) is 16.7 Å². The van der Waals surface area contributed by atoms with Gasteiger partial charge in [0, 0.05) is 0 Å². The van der Waals surface area contributed by atoms with E-state index in [0.717, 1.165) is 17.3 Å². The Balaban J connectivity index is 1.96. The molecule has 0 radical (unpaired) electrons. The lowest BCUT2D eigenvalue weighted by molar-refractivity contribution is 1.38. The van der Waals surface area contributed by atoms with E-state index in [1.54, 1.807) is 0 Å². The van der Waals surface area contributed by atoms with Gasteiger partial charge in [0.1, 0.15) is 23.2 Å². The third kappa shape index (κ3) is 3.92. The van der Waals surface area contributed by atoms with Crippen molar-refractivity contribution in [2.24, 2.45) is 0 Å². The molecule has 0 atom stereocenters. The normalized spacial score (nSPS) is 11.1. The third-order valence-electron chi connectivity index (χ3n) is 5.60. The molecule has 4 rings (SSSR count). The van der Waals surface area contributed by atoms with Crippen molar-refractivity contribution in [2.45, 2.75) is 6.16 Å². The molecule has 0 nitrogen and oxygen atoms in total. The lowest BCUT2D eigenvalue weighted by Crippen LogP contribution is -2.32. The van der Waals surface area contributed by atoms with Crippen molar-refractivity contribution in [1.29, 1.82) is 0 Å². The molecule has 0 fully saturated rings. The third-order valence-corrected chi connectivity index (χ3v) is 9.98. The van der Waals surface area contributed by atoms with Crippen LogP contribution in [0.5, 0.6) is 0 Å². The van der Waals surface area contributed by atoms with Crippen LogP contribution in [0.4, 0.5) is 0 Å². The lowest BCUT2D eigenvalue weighted by atomic mass is 10.1. The van der Waals surface area contributed by atoms with Crippen LogP contribution in [0.2, 0.25) is 0 Å². The van der Waals surface area contributed by atoms with Crippen molar-refractivity contribution in [3.05, 3.63) is 139 Å². The molecule has 1 heteroatoms. The van der Waals surface area contributed by atoms with E-state index in [1.807, 2.05) is 12.2 Å². The van der Waals surface area contributed by atoms with E-state index >= 15 is 0 Å². The summed E-state index contributed by atoms with van der Waals surface area (Å²) in [6.45, 7) is 7.82. The summed E-state index contributed by atoms with van der Waals surface area (Å²) in [6.07, 6.45) is 4.78. The predicted octanol–water partition coefficient (Wildman–Crippen LogP) is 6.47. The van der Waals surface area contributed by atoms with E-state index in [0.29, 0.717) is 0 Å². The van der Waals surface area contributed by atoms with Crippen LogP contribution in [-0.2, 0) is 6.16 Å². The first-order chi connectivity index (χ1) is 14.8. The number of benzene rings is 4. The molecule has 0 N–H and O–H groups in total. The molecular weight excluding hydrogens is 379 g/mol. The fourth-order valence-corrected chi connectivity index (χ4v) is 8.20. The van der Waals surface area contributed by atoms with Crippen LogP contribution >= 0.6 is 7.26 Å². The van der Waals surface area contributed by atoms with E-state index < -0.39 is 7.26 Å². The first kappa shape index (κ1) is 20.1. The molecule has 0 aliphatic carbocycles. The molecule has 0 aliphatic heterocycles. The summed E-state index contributed by atoms with van der Waals surface area (Å²) in [4.78, 5) is 0. The Morgan fingerprint density at radius 3 is 1.33 bits per heavy atom. The highest BCUT2D eigenvalue weighted by atomic mass is 31.2. The molecule has 0 aromatic heterocycles. The highest BCUT2D eigenvalue weighted by Crippen LogP contribution is 2.58.